The van der Waals surface area contributed by atoms with E-state index < -0.39 is 16.1 Å². The number of methoxy groups -OCH3 is 2. The van der Waals surface area contributed by atoms with E-state index in [2.05, 4.69) is 4.57 Å². The molecule has 0 aliphatic carbocycles. The topological polar surface area (TPSA) is 60.8 Å². The number of nitrogens with zero attached hydrogens (tertiary/aromatic N) is 2. The van der Waals surface area contributed by atoms with Gasteiger partial charge in [-0.15, -0.1) is 11.3 Å². The summed E-state index contributed by atoms with van der Waals surface area (Å²) in [5.41, 5.74) is 1.79. The van der Waals surface area contributed by atoms with E-state index in [0.29, 0.717) is 28.8 Å². The van der Waals surface area contributed by atoms with Crippen LogP contribution in [0.5, 0.6) is 11.5 Å². The summed E-state index contributed by atoms with van der Waals surface area (Å²) < 4.78 is 42.1. The molecule has 1 aromatic carbocycles. The lowest BCUT2D eigenvalue weighted by Crippen LogP contribution is -2.42. The van der Waals surface area contributed by atoms with E-state index in [9.17, 15) is 8.42 Å². The summed E-state index contributed by atoms with van der Waals surface area (Å²) >= 11 is 1.35. The monoisotopic (exact) mass is 432 g/mol. The Morgan fingerprint density at radius 1 is 1.07 bits per heavy atom. The number of ether oxygens (including phenoxy) is 2. The van der Waals surface area contributed by atoms with Crippen molar-refractivity contribution in [1.29, 1.82) is 0 Å². The Bertz CT molecular complexity index is 1120. The summed E-state index contributed by atoms with van der Waals surface area (Å²) in [5.74, 6) is 1.19. The third-order valence-electron chi connectivity index (χ3n) is 5.27. The highest BCUT2D eigenvalue weighted by Crippen LogP contribution is 2.40. The molecule has 6 nitrogen and oxygen atoms in total. The van der Waals surface area contributed by atoms with Crippen molar-refractivity contribution in [3.63, 3.8) is 0 Å². The fourth-order valence-corrected chi connectivity index (χ4v) is 6.79. The van der Waals surface area contributed by atoms with Crippen LogP contribution in [0.1, 0.15) is 29.1 Å². The van der Waals surface area contributed by atoms with Gasteiger partial charge in [-0.1, -0.05) is 13.0 Å². The first-order valence-electron chi connectivity index (χ1n) is 9.47. The number of thiophene rings is 1. The molecular weight excluding hydrogens is 408 g/mol. The minimum Gasteiger partial charge on any atom is -0.493 e. The molecular formula is C21H24N2O4S2. The van der Waals surface area contributed by atoms with Gasteiger partial charge in [-0.25, -0.2) is 8.42 Å². The molecule has 0 amide bonds. The van der Waals surface area contributed by atoms with Gasteiger partial charge in [0.15, 0.2) is 11.5 Å². The fourth-order valence-electron chi connectivity index (χ4n) is 3.78. The van der Waals surface area contributed by atoms with Gasteiger partial charge in [0.25, 0.3) is 10.0 Å². The van der Waals surface area contributed by atoms with Crippen molar-refractivity contribution in [2.24, 2.45) is 0 Å². The molecule has 2 aromatic heterocycles. The fraction of sp³-hybridized carbons (Fsp3) is 0.333. The van der Waals surface area contributed by atoms with Gasteiger partial charge in [0, 0.05) is 29.9 Å². The van der Waals surface area contributed by atoms with Crippen molar-refractivity contribution in [3.05, 3.63) is 64.8 Å². The first kappa shape index (κ1) is 20.0. The molecule has 4 rings (SSSR count). The lowest BCUT2D eigenvalue weighted by molar-refractivity contribution is 0.297. The van der Waals surface area contributed by atoms with Crippen LogP contribution in [0.3, 0.4) is 0 Å². The molecule has 3 aromatic rings. The van der Waals surface area contributed by atoms with Crippen LogP contribution in [0.4, 0.5) is 0 Å². The second kappa shape index (κ2) is 7.85. The number of fused-ring (bicyclic) bond motifs is 1. The van der Waals surface area contributed by atoms with Crippen LogP contribution in [-0.4, -0.2) is 38.1 Å². The van der Waals surface area contributed by atoms with E-state index in [1.807, 2.05) is 49.5 Å². The number of aromatic nitrogens is 1. The van der Waals surface area contributed by atoms with Crippen LogP contribution in [0.15, 0.2) is 52.9 Å². The molecule has 3 heterocycles. The van der Waals surface area contributed by atoms with Crippen molar-refractivity contribution in [1.82, 2.24) is 8.87 Å². The highest BCUT2D eigenvalue weighted by molar-refractivity contribution is 7.91. The second-order valence-electron chi connectivity index (χ2n) is 6.83. The Morgan fingerprint density at radius 2 is 1.86 bits per heavy atom. The average molecular weight is 433 g/mol. The molecule has 0 saturated heterocycles. The summed E-state index contributed by atoms with van der Waals surface area (Å²) in [6.07, 6.45) is 2.82. The molecule has 0 radical (unpaired) electrons. The predicted octanol–water partition coefficient (Wildman–Crippen LogP) is 3.92. The largest absolute Gasteiger partial charge is 0.493 e. The van der Waals surface area contributed by atoms with E-state index >= 15 is 0 Å². The van der Waals surface area contributed by atoms with Crippen LogP contribution in [0.25, 0.3) is 0 Å². The predicted molar refractivity (Wildman–Crippen MR) is 113 cm³/mol. The Balaban J connectivity index is 1.84. The van der Waals surface area contributed by atoms with Gasteiger partial charge < -0.3 is 14.0 Å². The van der Waals surface area contributed by atoms with Crippen LogP contribution in [0, 0.1) is 0 Å². The molecule has 0 bridgehead atoms. The number of hydrogen-bond donors (Lipinski definition) is 0. The molecule has 1 atom stereocenters. The SMILES string of the molecule is CCc1ccc(S(=O)(=O)N2CCn3cccc3[C@H]2c2ccc(OC)c(OC)c2)s1. The third-order valence-corrected chi connectivity index (χ3v) is 8.83. The van der Waals surface area contributed by atoms with E-state index in [0.717, 1.165) is 22.6 Å². The molecule has 0 N–H and O–H groups in total. The molecule has 8 heteroatoms. The van der Waals surface area contributed by atoms with Crippen molar-refractivity contribution in [2.75, 3.05) is 20.8 Å². The van der Waals surface area contributed by atoms with Crippen molar-refractivity contribution in [3.8, 4) is 11.5 Å². The molecule has 1 aliphatic heterocycles. The van der Waals surface area contributed by atoms with E-state index in [1.165, 1.54) is 11.3 Å². The summed E-state index contributed by atoms with van der Waals surface area (Å²) in [5, 5.41) is 0. The lowest BCUT2D eigenvalue weighted by atomic mass is 10.0. The maximum absolute atomic E-state index is 13.6. The smallest absolute Gasteiger partial charge is 0.253 e. The van der Waals surface area contributed by atoms with Gasteiger partial charge in [-0.2, -0.15) is 4.31 Å². The molecule has 0 unspecified atom stereocenters. The molecule has 1 aliphatic rings. The Labute approximate surface area is 175 Å². The highest BCUT2D eigenvalue weighted by atomic mass is 32.2. The molecule has 0 fully saturated rings. The maximum atomic E-state index is 13.6. The number of benzene rings is 1. The van der Waals surface area contributed by atoms with E-state index in [1.54, 1.807) is 24.6 Å². The standard InChI is InChI=1S/C21H24N2O4S2/c1-4-16-8-10-20(28-16)29(24,25)23-13-12-22-11-5-6-17(22)21(23)15-7-9-18(26-2)19(14-15)27-3/h5-11,14,21H,4,12-13H2,1-3H3/t21-/m1/s1. The zero-order chi connectivity index (χ0) is 20.6. The van der Waals surface area contributed by atoms with Gasteiger partial charge in [-0.3, -0.25) is 0 Å². The minimum atomic E-state index is -3.64. The van der Waals surface area contributed by atoms with Gasteiger partial charge in [0.2, 0.25) is 0 Å². The van der Waals surface area contributed by atoms with Gasteiger partial charge in [0.1, 0.15) is 4.21 Å². The molecule has 29 heavy (non-hydrogen) atoms. The first-order valence-corrected chi connectivity index (χ1v) is 11.7. The van der Waals surface area contributed by atoms with Crippen LogP contribution in [-0.2, 0) is 23.0 Å². The third kappa shape index (κ3) is 3.45. The number of aryl methyl sites for hydroxylation is 1. The highest BCUT2D eigenvalue weighted by Gasteiger charge is 2.38. The summed E-state index contributed by atoms with van der Waals surface area (Å²) in [6.45, 7) is 3.06. The number of sulfonamides is 1. The van der Waals surface area contributed by atoms with Crippen LogP contribution >= 0.6 is 11.3 Å². The van der Waals surface area contributed by atoms with E-state index in [-0.39, 0.29) is 0 Å². The first-order chi connectivity index (χ1) is 14.0. The van der Waals surface area contributed by atoms with Crippen LogP contribution < -0.4 is 9.47 Å². The normalized spacial score (nSPS) is 17.1. The maximum Gasteiger partial charge on any atom is 0.253 e. The average Bonchev–Trinajstić information content (AvgIpc) is 3.42. The summed E-state index contributed by atoms with van der Waals surface area (Å²) in [7, 11) is -0.472. The zero-order valence-corrected chi connectivity index (χ0v) is 18.3. The zero-order valence-electron chi connectivity index (χ0n) is 16.7. The molecule has 0 saturated carbocycles. The number of hydrogen-bond acceptors (Lipinski definition) is 5. The minimum absolute atomic E-state index is 0.389. The van der Waals surface area contributed by atoms with Crippen molar-refractivity contribution in [2.45, 2.75) is 30.1 Å². The lowest BCUT2D eigenvalue weighted by Gasteiger charge is -2.36. The van der Waals surface area contributed by atoms with Crippen molar-refractivity contribution >= 4 is 21.4 Å². The van der Waals surface area contributed by atoms with E-state index in [4.69, 9.17) is 9.47 Å². The Hall–Kier alpha value is -2.29. The number of rotatable bonds is 6. The quantitative estimate of drug-likeness (QED) is 0.592. The van der Waals surface area contributed by atoms with Gasteiger partial charge in [-0.05, 0) is 48.4 Å². The van der Waals surface area contributed by atoms with Crippen LogP contribution in [0.2, 0.25) is 0 Å². The molecule has 154 valence electrons. The Kier molecular flexibility index (Phi) is 5.42. The van der Waals surface area contributed by atoms with Gasteiger partial charge >= 0.3 is 0 Å². The second-order valence-corrected chi connectivity index (χ2v) is 10.1. The Morgan fingerprint density at radius 3 is 2.55 bits per heavy atom. The summed E-state index contributed by atoms with van der Waals surface area (Å²) in [4.78, 5) is 1.06. The van der Waals surface area contributed by atoms with Crippen molar-refractivity contribution < 1.29 is 17.9 Å². The molecule has 0 spiro atoms. The summed E-state index contributed by atoms with van der Waals surface area (Å²) in [6, 6.07) is 12.7. The van der Waals surface area contributed by atoms with Gasteiger partial charge in [0.05, 0.1) is 20.3 Å².